The lowest BCUT2D eigenvalue weighted by atomic mass is 9.75. The number of rotatable bonds is 4. The van der Waals surface area contributed by atoms with Gasteiger partial charge in [-0.15, -0.1) is 0 Å². The number of aromatic nitrogens is 1. The van der Waals surface area contributed by atoms with Crippen LogP contribution in [0.5, 0.6) is 5.75 Å². The summed E-state index contributed by atoms with van der Waals surface area (Å²) in [5, 5.41) is 0. The zero-order chi connectivity index (χ0) is 20.8. The summed E-state index contributed by atoms with van der Waals surface area (Å²) in [5.74, 6) is 1.00. The van der Waals surface area contributed by atoms with Gasteiger partial charge in [-0.25, -0.2) is 4.99 Å². The molecule has 0 unspecified atom stereocenters. The molecule has 0 saturated heterocycles. The first kappa shape index (κ1) is 19.7. The minimum Gasteiger partial charge on any atom is -0.496 e. The van der Waals surface area contributed by atoms with Gasteiger partial charge in [0.2, 0.25) is 0 Å². The third kappa shape index (κ3) is 3.42. The zero-order valence-corrected chi connectivity index (χ0v) is 17.2. The molecule has 4 N–H and O–H groups in total. The number of ketones is 1. The Labute approximate surface area is 165 Å². The molecule has 0 aliphatic heterocycles. The predicted octanol–water partition coefficient (Wildman–Crippen LogP) is 3.77. The van der Waals surface area contributed by atoms with Gasteiger partial charge in [-0.3, -0.25) is 4.79 Å². The Hall–Kier alpha value is -3.02. The van der Waals surface area contributed by atoms with E-state index in [1.54, 1.807) is 7.11 Å². The monoisotopic (exact) mass is 380 g/mol. The van der Waals surface area contributed by atoms with E-state index in [-0.39, 0.29) is 17.0 Å². The number of benzene rings is 1. The van der Waals surface area contributed by atoms with Crippen LogP contribution in [0.4, 0.5) is 5.69 Å². The van der Waals surface area contributed by atoms with Crippen LogP contribution in [0.15, 0.2) is 35.7 Å². The first-order valence-corrected chi connectivity index (χ1v) is 9.26. The van der Waals surface area contributed by atoms with E-state index < -0.39 is 0 Å². The van der Waals surface area contributed by atoms with Gasteiger partial charge in [-0.05, 0) is 37.3 Å². The van der Waals surface area contributed by atoms with E-state index >= 15 is 0 Å². The molecule has 148 valence electrons. The quantitative estimate of drug-likeness (QED) is 0.623. The summed E-state index contributed by atoms with van der Waals surface area (Å²) in [6.45, 7) is 11.7. The molecular weight excluding hydrogens is 352 g/mol. The van der Waals surface area contributed by atoms with Crippen LogP contribution in [-0.2, 0) is 6.42 Å². The fourth-order valence-electron chi connectivity index (χ4n) is 4.09. The molecule has 1 aromatic heterocycles. The normalized spacial score (nSPS) is 16.0. The number of aryl methyl sites for hydroxylation is 1. The van der Waals surface area contributed by atoms with Crippen LogP contribution in [-0.4, -0.2) is 23.2 Å². The number of hydrogen-bond donors (Lipinski definition) is 2. The second-order valence-electron chi connectivity index (χ2n) is 8.25. The highest BCUT2D eigenvalue weighted by atomic mass is 16.5. The lowest BCUT2D eigenvalue weighted by Gasteiger charge is -2.30. The second-order valence-corrected chi connectivity index (χ2v) is 8.25. The Morgan fingerprint density at radius 2 is 2.00 bits per heavy atom. The lowest BCUT2D eigenvalue weighted by Crippen LogP contribution is -2.28. The van der Waals surface area contributed by atoms with E-state index in [0.717, 1.165) is 28.9 Å². The SMILES string of the molecule is C=C(N)/N=C(/C)c1c(N)cc(-n2cc(C)c3c2CC(C)(C)CC3=O)cc1OC. The molecule has 0 fully saturated rings. The van der Waals surface area contributed by atoms with Crippen molar-refractivity contribution in [2.45, 2.75) is 40.5 Å². The van der Waals surface area contributed by atoms with Gasteiger partial charge in [0.1, 0.15) is 11.6 Å². The van der Waals surface area contributed by atoms with E-state index in [4.69, 9.17) is 16.2 Å². The Bertz CT molecular complexity index is 1010. The molecule has 0 radical (unpaired) electrons. The summed E-state index contributed by atoms with van der Waals surface area (Å²) >= 11 is 0. The Balaban J connectivity index is 2.20. The summed E-state index contributed by atoms with van der Waals surface area (Å²) in [4.78, 5) is 16.9. The number of ether oxygens (including phenoxy) is 1. The third-order valence-corrected chi connectivity index (χ3v) is 5.15. The lowest BCUT2D eigenvalue weighted by molar-refractivity contribution is 0.0910. The number of aliphatic imine (C=N–C) groups is 1. The van der Waals surface area contributed by atoms with Crippen molar-refractivity contribution in [3.63, 3.8) is 0 Å². The van der Waals surface area contributed by atoms with Crippen molar-refractivity contribution in [1.82, 2.24) is 4.57 Å². The highest BCUT2D eigenvalue weighted by Gasteiger charge is 2.35. The standard InChI is InChI=1S/C22H28N4O2/c1-12-11-26(17-9-22(4,5)10-18(27)20(12)17)15-7-16(24)21(19(8-15)28-6)13(2)25-14(3)23/h7-8,11H,3,9-10,23-24H2,1-2,4-6H3/b25-13-. The number of anilines is 1. The van der Waals surface area contributed by atoms with Gasteiger partial charge in [0.25, 0.3) is 0 Å². The largest absolute Gasteiger partial charge is 0.496 e. The van der Waals surface area contributed by atoms with E-state index in [0.29, 0.717) is 29.1 Å². The number of nitrogens with zero attached hydrogens (tertiary/aromatic N) is 2. The fourth-order valence-corrected chi connectivity index (χ4v) is 4.09. The smallest absolute Gasteiger partial charge is 0.165 e. The number of nitrogens with two attached hydrogens (primary N) is 2. The molecule has 0 spiro atoms. The first-order chi connectivity index (χ1) is 13.0. The van der Waals surface area contributed by atoms with E-state index in [2.05, 4.69) is 30.0 Å². The average Bonchev–Trinajstić information content (AvgIpc) is 2.88. The second kappa shape index (κ2) is 6.86. The maximum atomic E-state index is 12.7. The third-order valence-electron chi connectivity index (χ3n) is 5.15. The minimum atomic E-state index is -0.0765. The van der Waals surface area contributed by atoms with Crippen LogP contribution in [0.1, 0.15) is 54.4 Å². The van der Waals surface area contributed by atoms with Gasteiger partial charge in [0.15, 0.2) is 5.78 Å². The molecule has 6 nitrogen and oxygen atoms in total. The molecule has 1 aliphatic carbocycles. The van der Waals surface area contributed by atoms with Crippen molar-refractivity contribution in [2.24, 2.45) is 16.1 Å². The van der Waals surface area contributed by atoms with Crippen molar-refractivity contribution in [2.75, 3.05) is 12.8 Å². The molecule has 6 heteroatoms. The van der Waals surface area contributed by atoms with Gasteiger partial charge < -0.3 is 20.8 Å². The molecule has 1 aromatic carbocycles. The van der Waals surface area contributed by atoms with Crippen LogP contribution >= 0.6 is 0 Å². The molecule has 2 aromatic rings. The number of Topliss-reactive ketones (excluding diaryl/α,β-unsaturated/α-hetero) is 1. The molecule has 28 heavy (non-hydrogen) atoms. The fraction of sp³-hybridized carbons (Fsp3) is 0.364. The number of carbonyl (C=O) groups is 1. The molecular formula is C22H28N4O2. The first-order valence-electron chi connectivity index (χ1n) is 9.26. The van der Waals surface area contributed by atoms with Crippen molar-refractivity contribution in [1.29, 1.82) is 0 Å². The van der Waals surface area contributed by atoms with Crippen LogP contribution < -0.4 is 16.2 Å². The number of nitrogen functional groups attached to an aromatic ring is 1. The molecule has 0 atom stereocenters. The zero-order valence-electron chi connectivity index (χ0n) is 17.2. The van der Waals surface area contributed by atoms with Gasteiger partial charge in [-0.2, -0.15) is 0 Å². The molecule has 0 amide bonds. The van der Waals surface area contributed by atoms with E-state index in [9.17, 15) is 4.79 Å². The Kier molecular flexibility index (Phi) is 4.83. The van der Waals surface area contributed by atoms with Gasteiger partial charge in [0.05, 0.1) is 24.1 Å². The van der Waals surface area contributed by atoms with Gasteiger partial charge in [-0.1, -0.05) is 20.4 Å². The summed E-state index contributed by atoms with van der Waals surface area (Å²) in [6.07, 6.45) is 3.38. The topological polar surface area (TPSA) is 95.6 Å². The number of hydrogen-bond acceptors (Lipinski definition) is 5. The van der Waals surface area contributed by atoms with Crippen molar-refractivity contribution in [3.05, 3.63) is 53.1 Å². The van der Waals surface area contributed by atoms with E-state index in [1.807, 2.05) is 32.2 Å². The average molecular weight is 380 g/mol. The molecule has 3 rings (SSSR count). The van der Waals surface area contributed by atoms with Crippen LogP contribution in [0.3, 0.4) is 0 Å². The predicted molar refractivity (Wildman–Crippen MR) is 113 cm³/mol. The number of methoxy groups -OCH3 is 1. The maximum absolute atomic E-state index is 12.7. The van der Waals surface area contributed by atoms with Crippen molar-refractivity contribution >= 4 is 17.2 Å². The summed E-state index contributed by atoms with van der Waals surface area (Å²) in [7, 11) is 1.59. The maximum Gasteiger partial charge on any atom is 0.165 e. The molecule has 1 aliphatic rings. The highest BCUT2D eigenvalue weighted by molar-refractivity contribution is 6.06. The minimum absolute atomic E-state index is 0.0765. The Morgan fingerprint density at radius 1 is 1.32 bits per heavy atom. The number of carbonyl (C=O) groups excluding carboxylic acids is 1. The van der Waals surface area contributed by atoms with Crippen LogP contribution in [0.2, 0.25) is 0 Å². The van der Waals surface area contributed by atoms with Gasteiger partial charge in [0, 0.05) is 35.6 Å². The molecule has 0 saturated carbocycles. The van der Waals surface area contributed by atoms with Crippen LogP contribution in [0, 0.1) is 12.3 Å². The van der Waals surface area contributed by atoms with Gasteiger partial charge >= 0.3 is 0 Å². The van der Waals surface area contributed by atoms with Crippen molar-refractivity contribution in [3.8, 4) is 11.4 Å². The summed E-state index contributed by atoms with van der Waals surface area (Å²) in [5.41, 5.74) is 17.4. The van der Waals surface area contributed by atoms with E-state index in [1.165, 1.54) is 0 Å². The highest BCUT2D eigenvalue weighted by Crippen LogP contribution is 2.39. The summed E-state index contributed by atoms with van der Waals surface area (Å²) < 4.78 is 7.65. The summed E-state index contributed by atoms with van der Waals surface area (Å²) in [6, 6.07) is 3.79. The number of fused-ring (bicyclic) bond motifs is 1. The molecule has 0 bridgehead atoms. The van der Waals surface area contributed by atoms with Crippen LogP contribution in [0.25, 0.3) is 5.69 Å². The Morgan fingerprint density at radius 3 is 2.61 bits per heavy atom. The van der Waals surface area contributed by atoms with Crippen molar-refractivity contribution < 1.29 is 9.53 Å². The molecule has 1 heterocycles.